The van der Waals surface area contributed by atoms with Gasteiger partial charge in [-0.05, 0) is 45.9 Å². The van der Waals surface area contributed by atoms with Crippen molar-refractivity contribution in [3.05, 3.63) is 46.8 Å². The number of amides is 2. The summed E-state index contributed by atoms with van der Waals surface area (Å²) in [6, 6.07) is 7.07. The maximum Gasteiger partial charge on any atom is 0.253 e. The van der Waals surface area contributed by atoms with Gasteiger partial charge in [-0.3, -0.25) is 14.3 Å². The molecule has 6 heteroatoms. The van der Waals surface area contributed by atoms with E-state index >= 15 is 0 Å². The fourth-order valence-corrected chi connectivity index (χ4v) is 2.86. The Labute approximate surface area is 148 Å². The molecule has 2 amide bonds. The molecule has 0 aliphatic rings. The Hall–Kier alpha value is -2.63. The molecule has 134 valence electrons. The smallest absolute Gasteiger partial charge is 0.253 e. The SMILES string of the molecule is CCN(CC)C(=O)c1cccc(NC(=O)Cc2c(C)nn(C)c2C)c1. The van der Waals surface area contributed by atoms with Crippen molar-refractivity contribution in [1.82, 2.24) is 14.7 Å². The van der Waals surface area contributed by atoms with Crippen molar-refractivity contribution >= 4 is 17.5 Å². The van der Waals surface area contributed by atoms with Crippen LogP contribution in [0, 0.1) is 13.8 Å². The van der Waals surface area contributed by atoms with Crippen LogP contribution in [0.4, 0.5) is 5.69 Å². The van der Waals surface area contributed by atoms with Gasteiger partial charge in [0.05, 0.1) is 12.1 Å². The average molecular weight is 342 g/mol. The predicted octanol–water partition coefficient (Wildman–Crippen LogP) is 2.70. The van der Waals surface area contributed by atoms with Gasteiger partial charge in [-0.25, -0.2) is 0 Å². The molecule has 0 aliphatic carbocycles. The van der Waals surface area contributed by atoms with E-state index in [1.54, 1.807) is 33.8 Å². The van der Waals surface area contributed by atoms with Crippen molar-refractivity contribution < 1.29 is 9.59 Å². The van der Waals surface area contributed by atoms with Gasteiger partial charge >= 0.3 is 0 Å². The number of rotatable bonds is 6. The summed E-state index contributed by atoms with van der Waals surface area (Å²) in [6.07, 6.45) is 0.264. The van der Waals surface area contributed by atoms with Crippen LogP contribution in [0.5, 0.6) is 0 Å². The first-order chi connectivity index (χ1) is 11.9. The number of carbonyl (C=O) groups excluding carboxylic acids is 2. The standard InChI is InChI=1S/C19H26N4O2/c1-6-23(7-2)19(25)15-9-8-10-16(11-15)20-18(24)12-17-13(3)21-22(5)14(17)4/h8-11H,6-7,12H2,1-5H3,(H,20,24). The third kappa shape index (κ3) is 4.26. The van der Waals surface area contributed by atoms with E-state index in [0.717, 1.165) is 17.0 Å². The van der Waals surface area contributed by atoms with E-state index in [1.165, 1.54) is 0 Å². The first-order valence-corrected chi connectivity index (χ1v) is 8.55. The Morgan fingerprint density at radius 1 is 1.20 bits per heavy atom. The van der Waals surface area contributed by atoms with Crippen molar-refractivity contribution in [2.24, 2.45) is 7.05 Å². The number of aromatic nitrogens is 2. The lowest BCUT2D eigenvalue weighted by molar-refractivity contribution is -0.115. The maximum atomic E-state index is 12.4. The predicted molar refractivity (Wildman–Crippen MR) is 98.7 cm³/mol. The van der Waals surface area contributed by atoms with Crippen LogP contribution < -0.4 is 5.32 Å². The maximum absolute atomic E-state index is 12.4. The second-order valence-electron chi connectivity index (χ2n) is 6.06. The Kier molecular flexibility index (Phi) is 5.96. The van der Waals surface area contributed by atoms with E-state index < -0.39 is 0 Å². The molecule has 0 bridgehead atoms. The molecule has 25 heavy (non-hydrogen) atoms. The van der Waals surface area contributed by atoms with Gasteiger partial charge in [-0.2, -0.15) is 5.10 Å². The Morgan fingerprint density at radius 2 is 1.88 bits per heavy atom. The van der Waals surface area contributed by atoms with E-state index in [2.05, 4.69) is 10.4 Å². The van der Waals surface area contributed by atoms with Gasteiger partial charge in [0.2, 0.25) is 5.91 Å². The molecular weight excluding hydrogens is 316 g/mol. The average Bonchev–Trinajstić information content (AvgIpc) is 2.82. The fourth-order valence-electron chi connectivity index (χ4n) is 2.86. The molecule has 0 fully saturated rings. The minimum Gasteiger partial charge on any atom is -0.339 e. The van der Waals surface area contributed by atoms with E-state index in [4.69, 9.17) is 0 Å². The van der Waals surface area contributed by atoms with Gasteiger partial charge in [0.15, 0.2) is 0 Å². The zero-order chi connectivity index (χ0) is 18.6. The van der Waals surface area contributed by atoms with Crippen molar-refractivity contribution in [3.8, 4) is 0 Å². The van der Waals surface area contributed by atoms with E-state index in [-0.39, 0.29) is 18.2 Å². The fraction of sp³-hybridized carbons (Fsp3) is 0.421. The molecule has 0 aliphatic heterocycles. The normalized spacial score (nSPS) is 10.6. The zero-order valence-corrected chi connectivity index (χ0v) is 15.6. The molecule has 0 saturated carbocycles. The van der Waals surface area contributed by atoms with E-state index in [0.29, 0.717) is 24.3 Å². The number of hydrogen-bond donors (Lipinski definition) is 1. The topological polar surface area (TPSA) is 67.2 Å². The van der Waals surface area contributed by atoms with Crippen molar-refractivity contribution in [2.75, 3.05) is 18.4 Å². The third-order valence-electron chi connectivity index (χ3n) is 4.44. The van der Waals surface area contributed by atoms with Crippen molar-refractivity contribution in [2.45, 2.75) is 34.1 Å². The van der Waals surface area contributed by atoms with Crippen LogP contribution in [0.1, 0.15) is 41.2 Å². The summed E-state index contributed by atoms with van der Waals surface area (Å²) in [4.78, 5) is 26.6. The number of anilines is 1. The molecule has 1 N–H and O–H groups in total. The summed E-state index contributed by atoms with van der Waals surface area (Å²) in [5, 5.41) is 7.21. The third-order valence-corrected chi connectivity index (χ3v) is 4.44. The highest BCUT2D eigenvalue weighted by Gasteiger charge is 2.15. The summed E-state index contributed by atoms with van der Waals surface area (Å²) >= 11 is 0. The number of nitrogens with zero attached hydrogens (tertiary/aromatic N) is 3. The second-order valence-corrected chi connectivity index (χ2v) is 6.06. The summed E-state index contributed by atoms with van der Waals surface area (Å²) in [5.74, 6) is -0.147. The summed E-state index contributed by atoms with van der Waals surface area (Å²) in [7, 11) is 1.87. The highest BCUT2D eigenvalue weighted by Crippen LogP contribution is 2.16. The van der Waals surface area contributed by atoms with Gasteiger partial charge in [0.25, 0.3) is 5.91 Å². The summed E-state index contributed by atoms with van der Waals surface area (Å²) in [6.45, 7) is 9.07. The quantitative estimate of drug-likeness (QED) is 0.878. The minimum atomic E-state index is -0.119. The van der Waals surface area contributed by atoms with Crippen LogP contribution >= 0.6 is 0 Å². The lowest BCUT2D eigenvalue weighted by Gasteiger charge is -2.19. The number of benzene rings is 1. The van der Waals surface area contributed by atoms with Gasteiger partial charge in [-0.15, -0.1) is 0 Å². The lowest BCUT2D eigenvalue weighted by atomic mass is 10.1. The number of aryl methyl sites for hydroxylation is 2. The highest BCUT2D eigenvalue weighted by atomic mass is 16.2. The van der Waals surface area contributed by atoms with Crippen LogP contribution in [0.3, 0.4) is 0 Å². The molecule has 1 heterocycles. The number of nitrogens with one attached hydrogen (secondary N) is 1. The molecule has 0 atom stereocenters. The Balaban J connectivity index is 2.11. The van der Waals surface area contributed by atoms with Gasteiger partial charge in [-0.1, -0.05) is 6.07 Å². The molecule has 2 aromatic rings. The van der Waals surface area contributed by atoms with E-state index in [1.807, 2.05) is 34.7 Å². The molecular formula is C19H26N4O2. The molecule has 1 aromatic carbocycles. The molecule has 0 unspecified atom stereocenters. The van der Waals surface area contributed by atoms with Crippen molar-refractivity contribution in [3.63, 3.8) is 0 Å². The molecule has 0 spiro atoms. The summed E-state index contributed by atoms with van der Waals surface area (Å²) < 4.78 is 1.78. The van der Waals surface area contributed by atoms with Crippen LogP contribution in [0.25, 0.3) is 0 Å². The molecule has 0 radical (unpaired) electrons. The second kappa shape index (κ2) is 7.96. The van der Waals surface area contributed by atoms with Gasteiger partial charge in [0, 0.05) is 42.6 Å². The highest BCUT2D eigenvalue weighted by molar-refractivity contribution is 5.97. The molecule has 0 saturated heterocycles. The largest absolute Gasteiger partial charge is 0.339 e. The van der Waals surface area contributed by atoms with Crippen LogP contribution in [-0.4, -0.2) is 39.6 Å². The molecule has 1 aromatic heterocycles. The van der Waals surface area contributed by atoms with Crippen LogP contribution in [0.2, 0.25) is 0 Å². The Morgan fingerprint density at radius 3 is 2.44 bits per heavy atom. The lowest BCUT2D eigenvalue weighted by Crippen LogP contribution is -2.30. The number of carbonyl (C=O) groups is 2. The minimum absolute atomic E-state index is 0.0277. The van der Waals surface area contributed by atoms with Gasteiger partial charge in [0.1, 0.15) is 0 Å². The molecule has 6 nitrogen and oxygen atoms in total. The van der Waals surface area contributed by atoms with Gasteiger partial charge < -0.3 is 10.2 Å². The van der Waals surface area contributed by atoms with Crippen LogP contribution in [-0.2, 0) is 18.3 Å². The first kappa shape index (κ1) is 18.7. The number of hydrogen-bond acceptors (Lipinski definition) is 3. The zero-order valence-electron chi connectivity index (χ0n) is 15.6. The first-order valence-electron chi connectivity index (χ1n) is 8.55. The monoisotopic (exact) mass is 342 g/mol. The molecule has 2 rings (SSSR count). The summed E-state index contributed by atoms with van der Waals surface area (Å²) in [5.41, 5.74) is 3.99. The van der Waals surface area contributed by atoms with E-state index in [9.17, 15) is 9.59 Å². The Bertz CT molecular complexity index is 776. The van der Waals surface area contributed by atoms with Crippen LogP contribution in [0.15, 0.2) is 24.3 Å². The van der Waals surface area contributed by atoms with Crippen molar-refractivity contribution in [1.29, 1.82) is 0 Å².